The van der Waals surface area contributed by atoms with Gasteiger partial charge in [-0.1, -0.05) is 36.8 Å². The molecule has 0 radical (unpaired) electrons. The summed E-state index contributed by atoms with van der Waals surface area (Å²) >= 11 is 0. The van der Waals surface area contributed by atoms with Gasteiger partial charge in [0.05, 0.1) is 5.56 Å². The summed E-state index contributed by atoms with van der Waals surface area (Å²) in [5, 5.41) is 5.31. The van der Waals surface area contributed by atoms with Crippen LogP contribution in [0.1, 0.15) is 95.2 Å². The number of fused-ring (bicyclic) bond motifs is 1. The van der Waals surface area contributed by atoms with Gasteiger partial charge in [0, 0.05) is 101 Å². The van der Waals surface area contributed by atoms with Crippen LogP contribution in [0.2, 0.25) is 0 Å². The lowest BCUT2D eigenvalue weighted by Crippen LogP contribution is -2.52. The van der Waals surface area contributed by atoms with Crippen molar-refractivity contribution < 1.29 is 24.0 Å². The summed E-state index contributed by atoms with van der Waals surface area (Å²) in [6, 6.07) is 12.5. The third-order valence-electron chi connectivity index (χ3n) is 11.6. The molecule has 1 atom stereocenters. The van der Waals surface area contributed by atoms with E-state index in [1.807, 2.05) is 41.3 Å². The topological polar surface area (TPSA) is 148 Å². The Hall–Kier alpha value is -5.87. The molecule has 2 aromatic heterocycles. The van der Waals surface area contributed by atoms with Crippen molar-refractivity contribution in [3.8, 4) is 11.8 Å². The number of pyridine rings is 2. The first kappa shape index (κ1) is 40.3. The van der Waals surface area contributed by atoms with Crippen molar-refractivity contribution in [1.29, 1.82) is 0 Å². The first-order valence-corrected chi connectivity index (χ1v) is 20.7. The van der Waals surface area contributed by atoms with Gasteiger partial charge in [-0.15, -0.1) is 0 Å². The molecule has 6 heterocycles. The molecule has 0 aliphatic carbocycles. The van der Waals surface area contributed by atoms with Crippen molar-refractivity contribution >= 4 is 41.4 Å². The molecule has 13 nitrogen and oxygen atoms in total. The summed E-state index contributed by atoms with van der Waals surface area (Å²) in [5.74, 6) is 7.12. The molecule has 3 saturated heterocycles. The second kappa shape index (κ2) is 19.5. The number of likely N-dealkylation sites (tertiary alicyclic amines) is 1. The third kappa shape index (κ3) is 10.3. The summed E-state index contributed by atoms with van der Waals surface area (Å²) in [6.07, 6.45) is 15.8. The highest BCUT2D eigenvalue weighted by atomic mass is 16.2. The molecule has 5 amide bonds. The van der Waals surface area contributed by atoms with Gasteiger partial charge in [-0.3, -0.25) is 39.2 Å². The molecular weight excluding hydrogens is 733 g/mol. The number of hydrogen-bond acceptors (Lipinski definition) is 9. The Balaban J connectivity index is 0.768. The fourth-order valence-electron chi connectivity index (χ4n) is 8.23. The fourth-order valence-corrected chi connectivity index (χ4v) is 8.23. The Kier molecular flexibility index (Phi) is 13.6. The van der Waals surface area contributed by atoms with Gasteiger partial charge in [-0.25, -0.2) is 4.98 Å². The molecule has 13 heteroatoms. The standard InChI is InChI=1S/C45H52N8O5/c54-41(17-13-34-9-7-21-46-30-34)47-22-4-3-8-33-19-24-52(25-20-33)44(57)36-14-16-40(48-31-36)51-28-26-50(27-29-51)23-5-1-2-10-35-11-6-12-37-38(35)32-53(45(37)58)39-15-18-42(55)49-43(39)56/h6-7,9,11-14,16-17,21,30-31,33,39H,1,3-5,8,15,18-20,22-29,32H2,(H,47,54)(H,49,55,56)/b17-13+. The Labute approximate surface area is 340 Å². The number of nitrogens with one attached hydrogen (secondary N) is 2. The van der Waals surface area contributed by atoms with E-state index in [1.54, 1.807) is 41.7 Å². The highest BCUT2D eigenvalue weighted by Gasteiger charge is 2.39. The lowest BCUT2D eigenvalue weighted by molar-refractivity contribution is -0.137. The molecule has 4 aliphatic heterocycles. The Morgan fingerprint density at radius 2 is 1.76 bits per heavy atom. The number of hydrogen-bond donors (Lipinski definition) is 2. The maximum Gasteiger partial charge on any atom is 0.255 e. The molecule has 7 rings (SSSR count). The van der Waals surface area contributed by atoms with Gasteiger partial charge < -0.3 is 20.0 Å². The van der Waals surface area contributed by atoms with Crippen molar-refractivity contribution in [1.82, 2.24) is 35.3 Å². The van der Waals surface area contributed by atoms with Crippen LogP contribution < -0.4 is 15.5 Å². The van der Waals surface area contributed by atoms with Crippen LogP contribution in [-0.4, -0.2) is 113 Å². The Morgan fingerprint density at radius 3 is 2.52 bits per heavy atom. The molecule has 0 bridgehead atoms. The zero-order valence-corrected chi connectivity index (χ0v) is 33.0. The summed E-state index contributed by atoms with van der Waals surface area (Å²) in [6.45, 7) is 7.02. The zero-order chi connectivity index (χ0) is 40.3. The number of aromatic nitrogens is 2. The van der Waals surface area contributed by atoms with Crippen molar-refractivity contribution in [3.63, 3.8) is 0 Å². The minimum atomic E-state index is -0.637. The van der Waals surface area contributed by atoms with E-state index in [0.717, 1.165) is 113 Å². The second-order valence-corrected chi connectivity index (χ2v) is 15.5. The van der Waals surface area contributed by atoms with Crippen molar-refractivity contribution in [2.75, 3.05) is 57.3 Å². The molecule has 302 valence electrons. The molecule has 58 heavy (non-hydrogen) atoms. The van der Waals surface area contributed by atoms with Gasteiger partial charge in [0.1, 0.15) is 11.9 Å². The molecule has 2 N–H and O–H groups in total. The van der Waals surface area contributed by atoms with E-state index in [-0.39, 0.29) is 30.0 Å². The summed E-state index contributed by atoms with van der Waals surface area (Å²) in [7, 11) is 0. The first-order chi connectivity index (χ1) is 28.3. The van der Waals surface area contributed by atoms with Crippen LogP contribution in [0.3, 0.4) is 0 Å². The number of nitrogens with zero attached hydrogens (tertiary/aromatic N) is 6. The van der Waals surface area contributed by atoms with Crippen LogP contribution in [0.15, 0.2) is 67.1 Å². The van der Waals surface area contributed by atoms with E-state index in [0.29, 0.717) is 36.6 Å². The normalized spacial score (nSPS) is 18.9. The summed E-state index contributed by atoms with van der Waals surface area (Å²) < 4.78 is 0. The average molecular weight is 785 g/mol. The molecule has 1 aromatic carbocycles. The van der Waals surface area contributed by atoms with E-state index < -0.39 is 11.9 Å². The van der Waals surface area contributed by atoms with Crippen molar-refractivity contribution in [2.45, 2.75) is 70.4 Å². The van der Waals surface area contributed by atoms with E-state index in [2.05, 4.69) is 42.2 Å². The van der Waals surface area contributed by atoms with E-state index in [9.17, 15) is 24.0 Å². The van der Waals surface area contributed by atoms with Gasteiger partial charge in [0.25, 0.3) is 11.8 Å². The molecule has 3 fully saturated rings. The number of piperidine rings is 2. The number of benzene rings is 1. The monoisotopic (exact) mass is 784 g/mol. The number of imide groups is 1. The lowest BCUT2D eigenvalue weighted by atomic mass is 9.91. The predicted molar refractivity (Wildman–Crippen MR) is 220 cm³/mol. The molecular formula is C45H52N8O5. The fraction of sp³-hybridized carbons (Fsp3) is 0.444. The number of carbonyl (C=O) groups excluding carboxylic acids is 5. The summed E-state index contributed by atoms with van der Waals surface area (Å²) in [5.41, 5.74) is 3.77. The Morgan fingerprint density at radius 1 is 0.914 bits per heavy atom. The molecule has 0 spiro atoms. The molecule has 4 aliphatic rings. The highest BCUT2D eigenvalue weighted by Crippen LogP contribution is 2.30. The lowest BCUT2D eigenvalue weighted by Gasteiger charge is -2.35. The summed E-state index contributed by atoms with van der Waals surface area (Å²) in [4.78, 5) is 79.5. The number of rotatable bonds is 13. The smallest absolute Gasteiger partial charge is 0.255 e. The highest BCUT2D eigenvalue weighted by molar-refractivity contribution is 6.05. The SMILES string of the molecule is O=C(/C=C/c1cccnc1)NCCCCC1CCN(C(=O)c2ccc(N3CCN(CCCC#Cc4cccc5c4CN(C4CCC(=O)NC4=O)C5=O)CC3)nc2)CC1. The number of carbonyl (C=O) groups is 5. The maximum absolute atomic E-state index is 13.3. The van der Waals surface area contributed by atoms with Crippen LogP contribution >= 0.6 is 0 Å². The van der Waals surface area contributed by atoms with E-state index >= 15 is 0 Å². The number of amides is 5. The van der Waals surface area contributed by atoms with Crippen LogP contribution in [0.25, 0.3) is 6.08 Å². The quantitative estimate of drug-likeness (QED) is 0.113. The largest absolute Gasteiger partial charge is 0.354 e. The van der Waals surface area contributed by atoms with Gasteiger partial charge in [0.15, 0.2) is 0 Å². The van der Waals surface area contributed by atoms with E-state index in [1.165, 1.54) is 0 Å². The number of piperazine rings is 1. The van der Waals surface area contributed by atoms with Crippen LogP contribution in [0.5, 0.6) is 0 Å². The van der Waals surface area contributed by atoms with Crippen molar-refractivity contribution in [2.24, 2.45) is 5.92 Å². The minimum absolute atomic E-state index is 0.0480. The van der Waals surface area contributed by atoms with Gasteiger partial charge in [-0.05, 0) is 92.1 Å². The van der Waals surface area contributed by atoms with Crippen molar-refractivity contribution in [3.05, 3.63) is 94.9 Å². The second-order valence-electron chi connectivity index (χ2n) is 15.5. The third-order valence-corrected chi connectivity index (χ3v) is 11.6. The molecule has 1 unspecified atom stereocenters. The van der Waals surface area contributed by atoms with E-state index in [4.69, 9.17) is 0 Å². The zero-order valence-electron chi connectivity index (χ0n) is 33.0. The minimum Gasteiger partial charge on any atom is -0.354 e. The van der Waals surface area contributed by atoms with Crippen LogP contribution in [-0.2, 0) is 20.9 Å². The number of unbranched alkanes of at least 4 members (excludes halogenated alkanes) is 2. The predicted octanol–water partition coefficient (Wildman–Crippen LogP) is 4.04. The average Bonchev–Trinajstić information content (AvgIpc) is 3.59. The molecule has 3 aromatic rings. The van der Waals surface area contributed by atoms with Crippen LogP contribution in [0.4, 0.5) is 5.82 Å². The maximum atomic E-state index is 13.3. The van der Waals surface area contributed by atoms with Gasteiger partial charge in [0.2, 0.25) is 17.7 Å². The Bertz CT molecular complexity index is 2040. The number of anilines is 1. The van der Waals surface area contributed by atoms with Gasteiger partial charge >= 0.3 is 0 Å². The van der Waals surface area contributed by atoms with Gasteiger partial charge in [-0.2, -0.15) is 0 Å². The van der Waals surface area contributed by atoms with Crippen LogP contribution in [0, 0.1) is 17.8 Å². The molecule has 0 saturated carbocycles. The first-order valence-electron chi connectivity index (χ1n) is 20.7.